The molecule has 136 valence electrons. The van der Waals surface area contributed by atoms with Crippen molar-refractivity contribution in [2.24, 2.45) is 0 Å². The SMILES string of the molecule is CCOc1ccc(S(=O)(=O)N2CC(c3nnc4ccccn34)C2)cc1F. The summed E-state index contributed by atoms with van der Waals surface area (Å²) >= 11 is 0. The Labute approximate surface area is 150 Å². The van der Waals surface area contributed by atoms with Gasteiger partial charge in [0.15, 0.2) is 17.2 Å². The molecule has 0 aliphatic carbocycles. The Morgan fingerprint density at radius 2 is 2.04 bits per heavy atom. The minimum Gasteiger partial charge on any atom is -0.491 e. The van der Waals surface area contributed by atoms with E-state index in [1.165, 1.54) is 16.4 Å². The highest BCUT2D eigenvalue weighted by Gasteiger charge is 2.40. The molecule has 7 nitrogen and oxygen atoms in total. The van der Waals surface area contributed by atoms with Gasteiger partial charge in [-0.05, 0) is 37.3 Å². The highest BCUT2D eigenvalue weighted by Crippen LogP contribution is 2.32. The van der Waals surface area contributed by atoms with Gasteiger partial charge in [0.1, 0.15) is 5.82 Å². The summed E-state index contributed by atoms with van der Waals surface area (Å²) in [7, 11) is -3.75. The lowest BCUT2D eigenvalue weighted by atomic mass is 10.0. The maximum Gasteiger partial charge on any atom is 0.243 e. The third-order valence-corrected chi connectivity index (χ3v) is 6.22. The number of ether oxygens (including phenoxy) is 1. The van der Waals surface area contributed by atoms with Gasteiger partial charge in [0, 0.05) is 25.2 Å². The highest BCUT2D eigenvalue weighted by molar-refractivity contribution is 7.89. The first-order valence-electron chi connectivity index (χ1n) is 8.23. The van der Waals surface area contributed by atoms with Crippen LogP contribution in [-0.4, -0.2) is 47.0 Å². The van der Waals surface area contributed by atoms with Crippen LogP contribution in [0.3, 0.4) is 0 Å². The van der Waals surface area contributed by atoms with E-state index < -0.39 is 15.8 Å². The molecule has 1 fully saturated rings. The van der Waals surface area contributed by atoms with E-state index in [-0.39, 0.29) is 29.7 Å². The highest BCUT2D eigenvalue weighted by atomic mass is 32.2. The molecular formula is C17H17FN4O3S. The van der Waals surface area contributed by atoms with Crippen LogP contribution in [0.2, 0.25) is 0 Å². The lowest BCUT2D eigenvalue weighted by molar-refractivity contribution is 0.254. The lowest BCUT2D eigenvalue weighted by Crippen LogP contribution is -2.48. The second-order valence-electron chi connectivity index (χ2n) is 6.03. The molecule has 0 unspecified atom stereocenters. The molecule has 1 aliphatic rings. The molecule has 4 rings (SSSR count). The molecule has 0 N–H and O–H groups in total. The van der Waals surface area contributed by atoms with Gasteiger partial charge in [0.2, 0.25) is 10.0 Å². The van der Waals surface area contributed by atoms with Gasteiger partial charge in [0.25, 0.3) is 0 Å². The zero-order valence-electron chi connectivity index (χ0n) is 14.0. The average Bonchev–Trinajstić information content (AvgIpc) is 2.99. The third kappa shape index (κ3) is 2.73. The van der Waals surface area contributed by atoms with Crippen molar-refractivity contribution in [1.82, 2.24) is 18.9 Å². The molecule has 2 aromatic heterocycles. The molecular weight excluding hydrogens is 359 g/mol. The summed E-state index contributed by atoms with van der Waals surface area (Å²) in [6.45, 7) is 2.61. The molecule has 0 spiro atoms. The Morgan fingerprint density at radius 3 is 2.77 bits per heavy atom. The number of fused-ring (bicyclic) bond motifs is 1. The molecule has 3 heterocycles. The van der Waals surface area contributed by atoms with Crippen LogP contribution in [-0.2, 0) is 10.0 Å². The van der Waals surface area contributed by atoms with E-state index in [1.54, 1.807) is 6.92 Å². The van der Waals surface area contributed by atoms with E-state index in [1.807, 2.05) is 28.8 Å². The fourth-order valence-electron chi connectivity index (χ4n) is 3.00. The molecule has 9 heteroatoms. The fourth-order valence-corrected chi connectivity index (χ4v) is 4.54. The Morgan fingerprint density at radius 1 is 1.23 bits per heavy atom. The first-order valence-corrected chi connectivity index (χ1v) is 9.67. The third-order valence-electron chi connectivity index (χ3n) is 4.39. The number of rotatable bonds is 5. The summed E-state index contributed by atoms with van der Waals surface area (Å²) in [5, 5.41) is 8.25. The number of pyridine rings is 1. The van der Waals surface area contributed by atoms with Gasteiger partial charge in [-0.1, -0.05) is 6.07 Å². The summed E-state index contributed by atoms with van der Waals surface area (Å²) < 4.78 is 47.7. The number of hydrogen-bond donors (Lipinski definition) is 0. The number of benzene rings is 1. The van der Waals surface area contributed by atoms with E-state index in [2.05, 4.69) is 10.2 Å². The standard InChI is InChI=1S/C17H17FN4O3S/c1-2-25-15-7-6-13(9-14(15)18)26(23,24)21-10-12(11-21)17-20-19-16-5-3-4-8-22(16)17/h3-9,12H,2,10-11H2,1H3. The molecule has 26 heavy (non-hydrogen) atoms. The Hall–Kier alpha value is -2.52. The van der Waals surface area contributed by atoms with Crippen LogP contribution in [0.25, 0.3) is 5.65 Å². The zero-order chi connectivity index (χ0) is 18.3. The summed E-state index contributed by atoms with van der Waals surface area (Å²) in [5.74, 6) is 0.0379. The smallest absolute Gasteiger partial charge is 0.243 e. The predicted molar refractivity (Wildman–Crippen MR) is 92.1 cm³/mol. The van der Waals surface area contributed by atoms with Crippen LogP contribution in [0.15, 0.2) is 47.5 Å². The molecule has 1 aromatic carbocycles. The maximum atomic E-state index is 14.0. The molecule has 0 saturated carbocycles. The van der Waals surface area contributed by atoms with Gasteiger partial charge in [0.05, 0.1) is 11.5 Å². The first kappa shape index (κ1) is 16.9. The van der Waals surface area contributed by atoms with E-state index in [0.717, 1.165) is 17.5 Å². The molecule has 3 aromatic rings. The van der Waals surface area contributed by atoms with Crippen molar-refractivity contribution in [3.8, 4) is 5.75 Å². The number of halogens is 1. The minimum absolute atomic E-state index is 0.0443. The van der Waals surface area contributed by atoms with Crippen molar-refractivity contribution in [3.05, 3.63) is 54.2 Å². The molecule has 0 atom stereocenters. The molecule has 1 saturated heterocycles. The number of aromatic nitrogens is 3. The predicted octanol–water partition coefficient (Wildman–Crippen LogP) is 2.06. The Kier molecular flexibility index (Phi) is 4.12. The van der Waals surface area contributed by atoms with E-state index in [9.17, 15) is 12.8 Å². The molecule has 0 amide bonds. The quantitative estimate of drug-likeness (QED) is 0.681. The fraction of sp³-hybridized carbons (Fsp3) is 0.294. The molecule has 1 aliphatic heterocycles. The minimum atomic E-state index is -3.75. The van der Waals surface area contributed by atoms with Crippen LogP contribution in [0, 0.1) is 5.82 Å². The summed E-state index contributed by atoms with van der Waals surface area (Å²) in [5.41, 5.74) is 0.720. The van der Waals surface area contributed by atoms with Crippen LogP contribution in [0.5, 0.6) is 5.75 Å². The maximum absolute atomic E-state index is 14.0. The van der Waals surface area contributed by atoms with Crippen LogP contribution in [0.1, 0.15) is 18.7 Å². The molecule has 0 bridgehead atoms. The number of nitrogens with zero attached hydrogens (tertiary/aromatic N) is 4. The summed E-state index contributed by atoms with van der Waals surface area (Å²) in [4.78, 5) is -0.0806. The van der Waals surface area contributed by atoms with Crippen molar-refractivity contribution < 1.29 is 17.5 Å². The summed E-state index contributed by atoms with van der Waals surface area (Å²) in [6.07, 6.45) is 1.85. The second-order valence-corrected chi connectivity index (χ2v) is 7.97. The van der Waals surface area contributed by atoms with Crippen LogP contribution < -0.4 is 4.74 Å². The Bertz CT molecular complexity index is 1060. The average molecular weight is 376 g/mol. The van der Waals surface area contributed by atoms with Crippen LogP contribution in [0.4, 0.5) is 4.39 Å². The van der Waals surface area contributed by atoms with Gasteiger partial charge >= 0.3 is 0 Å². The van der Waals surface area contributed by atoms with Crippen molar-refractivity contribution >= 4 is 15.7 Å². The van der Waals surface area contributed by atoms with E-state index in [0.29, 0.717) is 6.61 Å². The lowest BCUT2D eigenvalue weighted by Gasteiger charge is -2.36. The van der Waals surface area contributed by atoms with Crippen molar-refractivity contribution in [3.63, 3.8) is 0 Å². The zero-order valence-corrected chi connectivity index (χ0v) is 14.9. The van der Waals surface area contributed by atoms with Gasteiger partial charge in [-0.3, -0.25) is 4.40 Å². The van der Waals surface area contributed by atoms with Crippen LogP contribution >= 0.6 is 0 Å². The van der Waals surface area contributed by atoms with Crippen molar-refractivity contribution in [2.45, 2.75) is 17.7 Å². The van der Waals surface area contributed by atoms with Gasteiger partial charge < -0.3 is 4.74 Å². The first-order chi connectivity index (χ1) is 12.5. The monoisotopic (exact) mass is 376 g/mol. The van der Waals surface area contributed by atoms with Gasteiger partial charge in [-0.25, -0.2) is 12.8 Å². The normalized spacial score (nSPS) is 15.9. The number of hydrogen-bond acceptors (Lipinski definition) is 5. The van der Waals surface area contributed by atoms with Gasteiger partial charge in [-0.2, -0.15) is 4.31 Å². The van der Waals surface area contributed by atoms with Crippen molar-refractivity contribution in [1.29, 1.82) is 0 Å². The number of sulfonamides is 1. The molecule has 0 radical (unpaired) electrons. The van der Waals surface area contributed by atoms with E-state index in [4.69, 9.17) is 4.74 Å². The topological polar surface area (TPSA) is 76.8 Å². The second kappa shape index (κ2) is 6.33. The van der Waals surface area contributed by atoms with Crippen molar-refractivity contribution in [2.75, 3.05) is 19.7 Å². The summed E-state index contributed by atoms with van der Waals surface area (Å²) in [6, 6.07) is 9.28. The van der Waals surface area contributed by atoms with E-state index >= 15 is 0 Å². The largest absolute Gasteiger partial charge is 0.491 e. The van der Waals surface area contributed by atoms with Gasteiger partial charge in [-0.15, -0.1) is 10.2 Å². The Balaban J connectivity index is 1.53.